The Hall–Kier alpha value is -2.89. The zero-order valence-corrected chi connectivity index (χ0v) is 16.1. The summed E-state index contributed by atoms with van der Waals surface area (Å²) in [5.74, 6) is 0.440. The van der Waals surface area contributed by atoms with E-state index in [4.69, 9.17) is 4.74 Å². The average Bonchev–Trinajstić information content (AvgIpc) is 3.32. The molecule has 0 radical (unpaired) electrons. The summed E-state index contributed by atoms with van der Waals surface area (Å²) in [7, 11) is 1.66. The Balaban J connectivity index is 1.36. The number of nitrogens with one attached hydrogen (secondary N) is 1. The molecule has 6 heteroatoms. The van der Waals surface area contributed by atoms with Gasteiger partial charge >= 0.3 is 0 Å². The summed E-state index contributed by atoms with van der Waals surface area (Å²) in [6.07, 6.45) is 7.06. The molecule has 2 amide bonds. The zero-order chi connectivity index (χ0) is 19.5. The average molecular weight is 379 g/mol. The normalized spacial score (nSPS) is 18.2. The van der Waals surface area contributed by atoms with Crippen LogP contribution in [0, 0.1) is 5.92 Å². The molecular weight excluding hydrogens is 354 g/mol. The number of likely N-dealkylation sites (tertiary alicyclic amines) is 1. The predicted molar refractivity (Wildman–Crippen MR) is 105 cm³/mol. The molecule has 0 saturated carbocycles. The van der Waals surface area contributed by atoms with Crippen LogP contribution in [0.2, 0.25) is 0 Å². The van der Waals surface area contributed by atoms with Gasteiger partial charge in [0.25, 0.3) is 0 Å². The topological polar surface area (TPSA) is 71.5 Å². The number of ether oxygens (including phenoxy) is 1. The molecule has 1 aliphatic heterocycles. The number of carbonyl (C=O) groups excluding carboxylic acids is 2. The van der Waals surface area contributed by atoms with E-state index in [1.54, 1.807) is 24.4 Å². The first-order chi connectivity index (χ1) is 13.6. The van der Waals surface area contributed by atoms with Crippen molar-refractivity contribution in [1.29, 1.82) is 0 Å². The molecule has 0 unspecified atom stereocenters. The van der Waals surface area contributed by atoms with Crippen molar-refractivity contribution in [3.8, 4) is 5.75 Å². The third-order valence-electron chi connectivity index (χ3n) is 5.63. The molecule has 1 fully saturated rings. The Labute approximate surface area is 164 Å². The van der Waals surface area contributed by atoms with Crippen LogP contribution in [0.4, 0.5) is 0 Å². The Morgan fingerprint density at radius 1 is 1.32 bits per heavy atom. The zero-order valence-electron chi connectivity index (χ0n) is 16.1. The van der Waals surface area contributed by atoms with E-state index < -0.39 is 0 Å². The largest absolute Gasteiger partial charge is 0.496 e. The smallest absolute Gasteiger partial charge is 0.225 e. The third kappa shape index (κ3) is 3.86. The number of aryl methyl sites for hydroxylation is 2. The fraction of sp³-hybridized carbons (Fsp3) is 0.409. The molecule has 4 rings (SSSR count). The van der Waals surface area contributed by atoms with Crippen molar-refractivity contribution < 1.29 is 14.3 Å². The monoisotopic (exact) mass is 379 g/mol. The number of rotatable bonds is 6. The molecular formula is C22H25N3O3. The van der Waals surface area contributed by atoms with Gasteiger partial charge in [-0.3, -0.25) is 14.6 Å². The lowest BCUT2D eigenvalue weighted by atomic mass is 10.0. The van der Waals surface area contributed by atoms with Crippen molar-refractivity contribution >= 4 is 11.8 Å². The van der Waals surface area contributed by atoms with Gasteiger partial charge in [-0.05, 0) is 48.1 Å². The van der Waals surface area contributed by atoms with Crippen LogP contribution in [0.15, 0.2) is 36.7 Å². The quantitative estimate of drug-likeness (QED) is 0.836. The van der Waals surface area contributed by atoms with Crippen molar-refractivity contribution in [3.05, 3.63) is 58.9 Å². The highest BCUT2D eigenvalue weighted by molar-refractivity contribution is 5.89. The summed E-state index contributed by atoms with van der Waals surface area (Å²) in [5.41, 5.74) is 4.66. The second-order valence-corrected chi connectivity index (χ2v) is 7.54. The molecule has 146 valence electrons. The standard InChI is InChI=1S/C22H25N3O3/c1-28-20-9-17-6-2-5-16(17)8-18(20)12-24-22(27)19-10-21(26)25(14-19)13-15-4-3-7-23-11-15/h3-4,7-9,11,19H,2,5-6,10,12-14H2,1H3,(H,24,27)/t19-/m1/s1. The highest BCUT2D eigenvalue weighted by atomic mass is 16.5. The van der Waals surface area contributed by atoms with E-state index in [0.29, 0.717) is 19.6 Å². The van der Waals surface area contributed by atoms with Crippen LogP contribution >= 0.6 is 0 Å². The SMILES string of the molecule is COc1cc2c(cc1CNC(=O)[C@@H]1CC(=O)N(Cc3cccnc3)C1)CCC2. The second kappa shape index (κ2) is 8.00. The number of nitrogens with zero attached hydrogens (tertiary/aromatic N) is 2. The van der Waals surface area contributed by atoms with E-state index in [2.05, 4.69) is 22.4 Å². The van der Waals surface area contributed by atoms with Crippen molar-refractivity contribution in [2.45, 2.75) is 38.8 Å². The second-order valence-electron chi connectivity index (χ2n) is 7.54. The summed E-state index contributed by atoms with van der Waals surface area (Å²) in [6.45, 7) is 1.36. The highest BCUT2D eigenvalue weighted by Crippen LogP contribution is 2.30. The molecule has 2 aliphatic rings. The van der Waals surface area contributed by atoms with Crippen molar-refractivity contribution in [1.82, 2.24) is 15.2 Å². The van der Waals surface area contributed by atoms with Crippen LogP contribution in [-0.4, -0.2) is 35.4 Å². The fourth-order valence-corrected chi connectivity index (χ4v) is 4.12. The third-order valence-corrected chi connectivity index (χ3v) is 5.63. The lowest BCUT2D eigenvalue weighted by Gasteiger charge is -2.17. The van der Waals surface area contributed by atoms with E-state index in [0.717, 1.165) is 29.7 Å². The first-order valence-electron chi connectivity index (χ1n) is 9.77. The van der Waals surface area contributed by atoms with Gasteiger partial charge in [0.15, 0.2) is 0 Å². The lowest BCUT2D eigenvalue weighted by molar-refractivity contribution is -0.129. The van der Waals surface area contributed by atoms with Crippen LogP contribution in [0.3, 0.4) is 0 Å². The summed E-state index contributed by atoms with van der Waals surface area (Å²) in [5, 5.41) is 3.00. The number of benzene rings is 1. The number of methoxy groups -OCH3 is 1. The van der Waals surface area contributed by atoms with Crippen molar-refractivity contribution in [2.75, 3.05) is 13.7 Å². The number of fused-ring (bicyclic) bond motifs is 1. The molecule has 2 aromatic rings. The van der Waals surface area contributed by atoms with Crippen LogP contribution in [0.25, 0.3) is 0 Å². The molecule has 6 nitrogen and oxygen atoms in total. The lowest BCUT2D eigenvalue weighted by Crippen LogP contribution is -2.32. The molecule has 1 saturated heterocycles. The molecule has 28 heavy (non-hydrogen) atoms. The number of aromatic nitrogens is 1. The molecule has 0 bridgehead atoms. The maximum absolute atomic E-state index is 12.7. The van der Waals surface area contributed by atoms with Crippen LogP contribution in [0.1, 0.15) is 35.1 Å². The van der Waals surface area contributed by atoms with Gasteiger partial charge in [-0.1, -0.05) is 12.1 Å². The minimum atomic E-state index is -0.315. The van der Waals surface area contributed by atoms with Gasteiger partial charge in [0, 0.05) is 44.0 Å². The van der Waals surface area contributed by atoms with Crippen molar-refractivity contribution in [3.63, 3.8) is 0 Å². The van der Waals surface area contributed by atoms with Gasteiger partial charge in [0.1, 0.15) is 5.75 Å². The molecule has 1 aromatic carbocycles. The van der Waals surface area contributed by atoms with Crippen LogP contribution in [0.5, 0.6) is 5.75 Å². The first kappa shape index (κ1) is 18.5. The summed E-state index contributed by atoms with van der Waals surface area (Å²) >= 11 is 0. The molecule has 1 aliphatic carbocycles. The molecule has 0 spiro atoms. The first-order valence-corrected chi connectivity index (χ1v) is 9.77. The number of hydrogen-bond donors (Lipinski definition) is 1. The van der Waals surface area contributed by atoms with Gasteiger partial charge in [-0.2, -0.15) is 0 Å². The van der Waals surface area contributed by atoms with Gasteiger partial charge in [-0.15, -0.1) is 0 Å². The van der Waals surface area contributed by atoms with Crippen LogP contribution < -0.4 is 10.1 Å². The Bertz CT molecular complexity index is 882. The maximum Gasteiger partial charge on any atom is 0.225 e. The molecule has 1 aromatic heterocycles. The minimum absolute atomic E-state index is 0.0131. The Morgan fingerprint density at radius 3 is 2.89 bits per heavy atom. The van der Waals surface area contributed by atoms with E-state index in [1.807, 2.05) is 12.1 Å². The number of pyridine rings is 1. The molecule has 1 N–H and O–H groups in total. The number of hydrogen-bond acceptors (Lipinski definition) is 4. The fourth-order valence-electron chi connectivity index (χ4n) is 4.12. The molecule has 1 atom stereocenters. The van der Waals surface area contributed by atoms with E-state index in [9.17, 15) is 9.59 Å². The Morgan fingerprint density at radius 2 is 2.14 bits per heavy atom. The molecule has 2 heterocycles. The van der Waals surface area contributed by atoms with Crippen LogP contribution in [-0.2, 0) is 35.5 Å². The van der Waals surface area contributed by atoms with E-state index >= 15 is 0 Å². The maximum atomic E-state index is 12.7. The predicted octanol–water partition coefficient (Wildman–Crippen LogP) is 2.24. The number of carbonyl (C=O) groups is 2. The van der Waals surface area contributed by atoms with Gasteiger partial charge < -0.3 is 15.0 Å². The van der Waals surface area contributed by atoms with Gasteiger partial charge in [0.05, 0.1) is 13.0 Å². The van der Waals surface area contributed by atoms with E-state index in [1.165, 1.54) is 17.5 Å². The summed E-state index contributed by atoms with van der Waals surface area (Å²) < 4.78 is 5.51. The van der Waals surface area contributed by atoms with E-state index in [-0.39, 0.29) is 24.2 Å². The number of amides is 2. The summed E-state index contributed by atoms with van der Waals surface area (Å²) in [6, 6.07) is 8.03. The van der Waals surface area contributed by atoms with Gasteiger partial charge in [0.2, 0.25) is 11.8 Å². The summed E-state index contributed by atoms with van der Waals surface area (Å²) in [4.78, 5) is 30.8. The Kier molecular flexibility index (Phi) is 5.28. The van der Waals surface area contributed by atoms with Crippen molar-refractivity contribution in [2.24, 2.45) is 5.92 Å². The highest BCUT2D eigenvalue weighted by Gasteiger charge is 2.34. The minimum Gasteiger partial charge on any atom is -0.496 e. The van der Waals surface area contributed by atoms with Gasteiger partial charge in [-0.25, -0.2) is 0 Å².